The first kappa shape index (κ1) is 20.4. The molecule has 0 spiro atoms. The van der Waals surface area contributed by atoms with Crippen LogP contribution >= 0.6 is 0 Å². The van der Waals surface area contributed by atoms with E-state index in [-0.39, 0.29) is 11.9 Å². The Morgan fingerprint density at radius 3 is 2.65 bits per heavy atom. The number of benzene rings is 1. The smallest absolute Gasteiger partial charge is 0.222 e. The summed E-state index contributed by atoms with van der Waals surface area (Å²) in [6, 6.07) is 8.13. The number of rotatable bonds is 3. The zero-order valence-corrected chi connectivity index (χ0v) is 18.0. The lowest BCUT2D eigenvalue weighted by atomic mass is 9.95. The van der Waals surface area contributed by atoms with Crippen LogP contribution < -0.4 is 11.5 Å². The summed E-state index contributed by atoms with van der Waals surface area (Å²) >= 11 is 0. The Hall–Kier alpha value is -3.92. The van der Waals surface area contributed by atoms with Gasteiger partial charge >= 0.3 is 0 Å². The van der Waals surface area contributed by atoms with E-state index >= 15 is 0 Å². The Kier molecular flexibility index (Phi) is 5.30. The predicted octanol–water partition coefficient (Wildman–Crippen LogP) is 4.18. The van der Waals surface area contributed by atoms with E-state index in [1.807, 2.05) is 45.9 Å². The molecule has 3 heterocycles. The lowest BCUT2D eigenvalue weighted by Gasteiger charge is -2.10. The molecule has 0 aliphatic carbocycles. The van der Waals surface area contributed by atoms with Crippen molar-refractivity contribution in [1.29, 1.82) is 0 Å². The molecule has 0 aliphatic rings. The minimum Gasteiger partial charge on any atom is -0.440 e. The van der Waals surface area contributed by atoms with Gasteiger partial charge in [0, 0.05) is 30.3 Å². The summed E-state index contributed by atoms with van der Waals surface area (Å²) in [4.78, 5) is 17.2. The second-order valence-corrected chi connectivity index (χ2v) is 7.47. The Bertz CT molecular complexity index is 1350. The van der Waals surface area contributed by atoms with Crippen molar-refractivity contribution in [2.24, 2.45) is 0 Å². The van der Waals surface area contributed by atoms with E-state index in [4.69, 9.17) is 15.9 Å². The molecule has 0 saturated carbocycles. The highest BCUT2D eigenvalue weighted by Gasteiger charge is 2.15. The molecule has 31 heavy (non-hydrogen) atoms. The second kappa shape index (κ2) is 8.07. The highest BCUT2D eigenvalue weighted by molar-refractivity contribution is 5.91. The second-order valence-electron chi connectivity index (χ2n) is 7.47. The molecule has 7 heteroatoms. The van der Waals surface area contributed by atoms with Crippen molar-refractivity contribution in [1.82, 2.24) is 19.9 Å². The van der Waals surface area contributed by atoms with Crippen molar-refractivity contribution >= 4 is 22.9 Å². The maximum atomic E-state index is 6.05. The van der Waals surface area contributed by atoms with E-state index in [1.54, 1.807) is 6.20 Å². The van der Waals surface area contributed by atoms with Crippen molar-refractivity contribution in [3.63, 3.8) is 0 Å². The summed E-state index contributed by atoms with van der Waals surface area (Å²) in [5.41, 5.74) is 18.7. The zero-order valence-electron chi connectivity index (χ0n) is 18.0. The van der Waals surface area contributed by atoms with Gasteiger partial charge in [0.05, 0.1) is 11.3 Å². The van der Waals surface area contributed by atoms with Crippen LogP contribution in [-0.2, 0) is 6.42 Å². The molecule has 4 N–H and O–H groups in total. The summed E-state index contributed by atoms with van der Waals surface area (Å²) in [5.74, 6) is 7.47. The van der Waals surface area contributed by atoms with Gasteiger partial charge in [0.15, 0.2) is 11.5 Å². The Balaban J connectivity index is 1.80. The van der Waals surface area contributed by atoms with Crippen LogP contribution in [0.15, 0.2) is 34.9 Å². The molecule has 0 radical (unpaired) electrons. The van der Waals surface area contributed by atoms with Gasteiger partial charge in [0.1, 0.15) is 11.3 Å². The lowest BCUT2D eigenvalue weighted by molar-refractivity contribution is 0.562. The minimum atomic E-state index is -0.0789. The molecular formula is C24H24N6O. The molecule has 4 rings (SSSR count). The molecule has 1 aromatic carbocycles. The molecule has 1 atom stereocenters. The van der Waals surface area contributed by atoms with Gasteiger partial charge in [-0.1, -0.05) is 18.8 Å². The summed E-state index contributed by atoms with van der Waals surface area (Å²) in [7, 11) is 0. The number of nitrogens with two attached hydrogens (primary N) is 2. The van der Waals surface area contributed by atoms with Gasteiger partial charge in [0.2, 0.25) is 5.95 Å². The molecular weight excluding hydrogens is 388 g/mol. The largest absolute Gasteiger partial charge is 0.440 e. The first-order valence-electron chi connectivity index (χ1n) is 10.1. The number of hydrogen-bond donors (Lipinski definition) is 2. The summed E-state index contributed by atoms with van der Waals surface area (Å²) in [6.07, 6.45) is 2.47. The van der Waals surface area contributed by atoms with Gasteiger partial charge in [-0.05, 0) is 55.7 Å². The highest BCUT2D eigenvalue weighted by Crippen LogP contribution is 2.33. The number of anilines is 2. The molecule has 0 saturated heterocycles. The van der Waals surface area contributed by atoms with Gasteiger partial charge in [-0.15, -0.1) is 0 Å². The fourth-order valence-electron chi connectivity index (χ4n) is 3.55. The fraction of sp³-hybridized carbons (Fsp3) is 0.250. The Labute approximate surface area is 180 Å². The summed E-state index contributed by atoms with van der Waals surface area (Å²) in [5, 5.41) is 0. The summed E-state index contributed by atoms with van der Waals surface area (Å²) < 4.78 is 5.90. The first-order valence-corrected chi connectivity index (χ1v) is 10.1. The minimum absolute atomic E-state index is 0.0789. The monoisotopic (exact) mass is 412 g/mol. The van der Waals surface area contributed by atoms with Crippen LogP contribution in [0.4, 0.5) is 11.8 Å². The van der Waals surface area contributed by atoms with Crippen LogP contribution in [0, 0.1) is 25.7 Å². The number of fused-ring (bicyclic) bond motifs is 1. The Morgan fingerprint density at radius 2 is 1.90 bits per heavy atom. The number of nitrogens with zero attached hydrogens (tertiary/aromatic N) is 4. The third-order valence-electron chi connectivity index (χ3n) is 5.10. The van der Waals surface area contributed by atoms with Crippen molar-refractivity contribution in [3.05, 3.63) is 58.9 Å². The highest BCUT2D eigenvalue weighted by atomic mass is 16.3. The quantitative estimate of drug-likeness (QED) is 0.485. The van der Waals surface area contributed by atoms with Gasteiger partial charge in [-0.3, -0.25) is 4.98 Å². The van der Waals surface area contributed by atoms with Crippen molar-refractivity contribution in [2.75, 3.05) is 11.5 Å². The van der Waals surface area contributed by atoms with E-state index < -0.39 is 0 Å². The normalized spacial score (nSPS) is 11.9. The van der Waals surface area contributed by atoms with Gasteiger partial charge in [0.25, 0.3) is 0 Å². The molecule has 0 aliphatic heterocycles. The molecule has 3 aromatic heterocycles. The van der Waals surface area contributed by atoms with Gasteiger partial charge in [-0.25, -0.2) is 9.97 Å². The third kappa shape index (κ3) is 4.05. The number of aryl methyl sites for hydroxylation is 3. The van der Waals surface area contributed by atoms with E-state index in [2.05, 4.69) is 37.8 Å². The predicted molar refractivity (Wildman–Crippen MR) is 122 cm³/mol. The van der Waals surface area contributed by atoms with E-state index in [0.29, 0.717) is 23.7 Å². The molecule has 0 amide bonds. The average molecular weight is 412 g/mol. The number of oxazole rings is 1. The van der Waals surface area contributed by atoms with Crippen LogP contribution in [-0.4, -0.2) is 19.9 Å². The van der Waals surface area contributed by atoms with E-state index in [0.717, 1.165) is 39.2 Å². The van der Waals surface area contributed by atoms with Crippen LogP contribution in [0.25, 0.3) is 22.2 Å². The number of hydrogen-bond acceptors (Lipinski definition) is 7. The number of nitrogen functional groups attached to an aromatic ring is 2. The van der Waals surface area contributed by atoms with Crippen LogP contribution in [0.1, 0.15) is 48.2 Å². The Morgan fingerprint density at radius 1 is 1.10 bits per heavy atom. The zero-order chi connectivity index (χ0) is 22.1. The maximum absolute atomic E-state index is 6.05. The standard InChI is InChI=1S/C24H24N6O/c1-5-20-18(23(25)30-24(26)29-20)7-6-13(2)17-11-19(16-8-9-27-14(3)10-16)22-21(12-17)28-15(4)31-22/h8-13H,5H2,1-4H3,(H4,25,26,29,30). The average Bonchev–Trinajstić information content (AvgIpc) is 3.11. The fourth-order valence-corrected chi connectivity index (χ4v) is 3.55. The molecule has 0 bridgehead atoms. The molecule has 1 unspecified atom stereocenters. The van der Waals surface area contributed by atoms with Gasteiger partial charge in [-0.2, -0.15) is 4.98 Å². The topological polar surface area (TPSA) is 117 Å². The van der Waals surface area contributed by atoms with Crippen molar-refractivity contribution in [2.45, 2.75) is 40.0 Å². The molecule has 7 nitrogen and oxygen atoms in total. The molecule has 0 fully saturated rings. The SMILES string of the molecule is CCc1nc(N)nc(N)c1C#CC(C)c1cc(-c2ccnc(C)c2)c2oc(C)nc2c1. The first-order chi connectivity index (χ1) is 14.9. The number of pyridine rings is 1. The van der Waals surface area contributed by atoms with E-state index in [9.17, 15) is 0 Å². The van der Waals surface area contributed by atoms with E-state index in [1.165, 1.54) is 0 Å². The van der Waals surface area contributed by atoms with Crippen molar-refractivity contribution in [3.8, 4) is 23.0 Å². The van der Waals surface area contributed by atoms with Crippen molar-refractivity contribution < 1.29 is 4.42 Å². The van der Waals surface area contributed by atoms with Crippen LogP contribution in [0.3, 0.4) is 0 Å². The summed E-state index contributed by atoms with van der Waals surface area (Å²) in [6.45, 7) is 7.84. The van der Waals surface area contributed by atoms with Gasteiger partial charge < -0.3 is 15.9 Å². The number of aromatic nitrogens is 4. The third-order valence-corrected chi connectivity index (χ3v) is 5.10. The maximum Gasteiger partial charge on any atom is 0.222 e. The molecule has 156 valence electrons. The van der Waals surface area contributed by atoms with Crippen LogP contribution in [0.2, 0.25) is 0 Å². The lowest BCUT2D eigenvalue weighted by Crippen LogP contribution is -2.06. The molecule has 4 aromatic rings. The van der Waals surface area contributed by atoms with Crippen LogP contribution in [0.5, 0.6) is 0 Å².